The second-order valence-corrected chi connectivity index (χ2v) is 26.0. The van der Waals surface area contributed by atoms with Crippen molar-refractivity contribution in [3.8, 4) is 0 Å². The minimum Gasteiger partial charge on any atom is -0.383 e. The number of hydroxylamine groups is 2. The molecule has 0 radical (unpaired) electrons. The van der Waals surface area contributed by atoms with Gasteiger partial charge in [0.1, 0.15) is 16.4 Å². The molecule has 0 spiro atoms. The molecule has 77 heavy (non-hydrogen) atoms. The Balaban J connectivity index is 1.32. The zero-order chi connectivity index (χ0) is 56.8. The SMILES string of the molecule is COCCN1/C(=C/C=C/C2=[N+](CCOCCOCCC(=O)ON3C(=O)CCC3=O)c3ccc4c(S(=O)(=O)O)cc(S(=O)(=O)O)cc4c3C2(C)C)C(C)(CCCS(=O)(=O)O)c2c1ccc1c(S(=O)(=O)O)cc(S(=O)(=O)O)cc21. The quantitative estimate of drug-likeness (QED) is 0.0304. The lowest BCUT2D eigenvalue weighted by molar-refractivity contribution is -0.442. The summed E-state index contributed by atoms with van der Waals surface area (Å²) in [7, 11) is -23.6. The van der Waals surface area contributed by atoms with E-state index in [0.29, 0.717) is 45.5 Å². The van der Waals surface area contributed by atoms with E-state index in [1.54, 1.807) is 54.5 Å². The van der Waals surface area contributed by atoms with Gasteiger partial charge in [-0.15, -0.1) is 5.06 Å². The molecule has 1 atom stereocenters. The number of amides is 2. The van der Waals surface area contributed by atoms with E-state index in [4.69, 9.17) is 19.0 Å². The number of nitrogens with zero attached hydrogens (tertiary/aromatic N) is 3. The molecule has 1 fully saturated rings. The first kappa shape index (κ1) is 59.1. The summed E-state index contributed by atoms with van der Waals surface area (Å²) in [5, 5.41) is 0.157. The number of hydrogen-bond acceptors (Lipinski definition) is 18. The van der Waals surface area contributed by atoms with E-state index in [2.05, 4.69) is 0 Å². The topological polar surface area (TPSA) is 369 Å². The van der Waals surface area contributed by atoms with Gasteiger partial charge in [0.25, 0.3) is 62.4 Å². The molecule has 0 aliphatic carbocycles. The third kappa shape index (κ3) is 12.5. The minimum absolute atomic E-state index is 0.00711. The van der Waals surface area contributed by atoms with Crippen LogP contribution in [0.3, 0.4) is 0 Å². The van der Waals surface area contributed by atoms with Crippen LogP contribution in [0.2, 0.25) is 0 Å². The first-order chi connectivity index (χ1) is 35.7. The molecule has 3 heterocycles. The smallest absolute Gasteiger partial charge is 0.335 e. The average molecular weight is 1170 g/mol. The zero-order valence-corrected chi connectivity index (χ0v) is 45.7. The number of rotatable bonds is 23. The minimum atomic E-state index is -5.15. The van der Waals surface area contributed by atoms with E-state index >= 15 is 0 Å². The number of carbonyl (C=O) groups excluding carboxylic acids is 3. The van der Waals surface area contributed by atoms with Gasteiger partial charge in [-0.25, -0.2) is 4.79 Å². The third-order valence-corrected chi connectivity index (χ3v) is 17.6. The van der Waals surface area contributed by atoms with Crippen LogP contribution in [0.4, 0.5) is 11.4 Å². The van der Waals surface area contributed by atoms with E-state index in [1.165, 1.54) is 25.3 Å². The fourth-order valence-corrected chi connectivity index (χ4v) is 13.2. The van der Waals surface area contributed by atoms with Crippen LogP contribution in [-0.4, -0.2) is 157 Å². The van der Waals surface area contributed by atoms with Crippen LogP contribution in [0.1, 0.15) is 64.0 Å². The van der Waals surface area contributed by atoms with Crippen molar-refractivity contribution in [2.45, 2.75) is 83.3 Å². The van der Waals surface area contributed by atoms with Crippen molar-refractivity contribution in [1.29, 1.82) is 0 Å². The molecule has 0 saturated carbocycles. The molecule has 4 aromatic carbocycles. The fraction of sp³-hybridized carbons (Fsp3) is 0.404. The van der Waals surface area contributed by atoms with Crippen molar-refractivity contribution in [2.75, 3.05) is 63.9 Å². The summed E-state index contributed by atoms with van der Waals surface area (Å²) in [5.74, 6) is -2.86. The molecule has 3 aliphatic heterocycles. The van der Waals surface area contributed by atoms with Crippen molar-refractivity contribution in [2.24, 2.45) is 0 Å². The molecular formula is C47H54N3O22S5+. The molecule has 1 unspecified atom stereocenters. The van der Waals surface area contributed by atoms with Crippen molar-refractivity contribution in [3.63, 3.8) is 0 Å². The Bertz CT molecular complexity index is 3780. The van der Waals surface area contributed by atoms with Crippen LogP contribution < -0.4 is 4.90 Å². The molecule has 1 saturated heterocycles. The van der Waals surface area contributed by atoms with Gasteiger partial charge in [-0.1, -0.05) is 12.1 Å². The largest absolute Gasteiger partial charge is 0.383 e. The number of imide groups is 1. The van der Waals surface area contributed by atoms with E-state index in [9.17, 15) is 79.2 Å². The molecule has 0 aromatic heterocycles. The van der Waals surface area contributed by atoms with E-state index < -0.39 is 105 Å². The monoisotopic (exact) mass is 1170 g/mol. The Hall–Kier alpha value is -5.61. The van der Waals surface area contributed by atoms with Crippen LogP contribution in [0, 0.1) is 0 Å². The number of methoxy groups -OCH3 is 1. The molecule has 0 bridgehead atoms. The van der Waals surface area contributed by atoms with Gasteiger partial charge in [0.15, 0.2) is 12.3 Å². The number of carbonyl (C=O) groups is 3. The Morgan fingerprint density at radius 1 is 0.688 bits per heavy atom. The van der Waals surface area contributed by atoms with Gasteiger partial charge in [0, 0.05) is 71.8 Å². The van der Waals surface area contributed by atoms with Crippen LogP contribution in [0.15, 0.2) is 92.0 Å². The van der Waals surface area contributed by atoms with Crippen molar-refractivity contribution >= 4 is 107 Å². The summed E-state index contributed by atoms with van der Waals surface area (Å²) in [4.78, 5) is 39.0. The molecule has 3 aliphatic rings. The fourth-order valence-electron chi connectivity index (χ4n) is 10.1. The standard InChI is InChI=1S/C47H53N3O22S5/c1-46(2)39(7-5-8-40-47(3,16-6-24-73(54,55)56)45-34-26-30(75(60,61)62)28-38(77(66,67)68)32(34)10-12-36(45)49(40)17-20-69-4)48(18-21-71-23-22-70-19-15-43(53)72-50-41(51)13-14-42(50)52)35-11-9-31-33(44(35)46)25-29(74(57,58)59)27-37(31)76(63,64)65/h5,7-12,25-28H,6,13-24H2,1-4H3,(H4-,54,55,56,57,58,59,60,61,62,63,64,65,66,67,68)/p+1. The molecular weight excluding hydrogens is 1120 g/mol. The Morgan fingerprint density at radius 3 is 1.77 bits per heavy atom. The number of benzene rings is 4. The first-order valence-electron chi connectivity index (χ1n) is 23.3. The van der Waals surface area contributed by atoms with E-state index in [-0.39, 0.29) is 105 Å². The number of anilines is 1. The average Bonchev–Trinajstić information content (AvgIpc) is 3.86. The third-order valence-electron chi connectivity index (χ3n) is 13.4. The molecule has 418 valence electrons. The zero-order valence-electron chi connectivity index (χ0n) is 41.6. The van der Waals surface area contributed by atoms with E-state index in [1.807, 2.05) is 0 Å². The summed E-state index contributed by atoms with van der Waals surface area (Å²) in [5.41, 5.74) is -0.306. The maximum atomic E-state index is 12.8. The Kier molecular flexibility index (Phi) is 16.8. The lowest BCUT2D eigenvalue weighted by atomic mass is 9.75. The van der Waals surface area contributed by atoms with E-state index in [0.717, 1.165) is 12.1 Å². The van der Waals surface area contributed by atoms with Crippen LogP contribution in [-0.2, 0) is 94.9 Å². The highest BCUT2D eigenvalue weighted by molar-refractivity contribution is 7.87. The highest BCUT2D eigenvalue weighted by Gasteiger charge is 2.48. The van der Waals surface area contributed by atoms with Crippen LogP contribution in [0.5, 0.6) is 0 Å². The summed E-state index contributed by atoms with van der Waals surface area (Å²) < 4.78 is 195. The molecule has 7 rings (SSSR count). The number of ether oxygens (including phenoxy) is 3. The van der Waals surface area contributed by atoms with Gasteiger partial charge in [-0.05, 0) is 92.4 Å². The van der Waals surface area contributed by atoms with Crippen molar-refractivity contribution in [1.82, 2.24) is 5.06 Å². The lowest BCUT2D eigenvalue weighted by Crippen LogP contribution is -2.32. The predicted octanol–water partition coefficient (Wildman–Crippen LogP) is 3.92. The first-order valence-corrected chi connectivity index (χ1v) is 30.7. The summed E-state index contributed by atoms with van der Waals surface area (Å²) >= 11 is 0. The molecule has 5 N–H and O–H groups in total. The van der Waals surface area contributed by atoms with Gasteiger partial charge in [-0.2, -0.15) is 46.7 Å². The maximum Gasteiger partial charge on any atom is 0.335 e. The van der Waals surface area contributed by atoms with Crippen LogP contribution in [0.25, 0.3) is 21.5 Å². The van der Waals surface area contributed by atoms with Gasteiger partial charge in [0.05, 0.1) is 53.8 Å². The van der Waals surface area contributed by atoms with Gasteiger partial charge in [0.2, 0.25) is 5.69 Å². The Labute approximate surface area is 443 Å². The summed E-state index contributed by atoms with van der Waals surface area (Å²) in [6.45, 7) is 5.18. The second-order valence-electron chi connectivity index (χ2n) is 18.8. The van der Waals surface area contributed by atoms with Crippen molar-refractivity contribution < 1.29 is 103 Å². The molecule has 2 amide bonds. The predicted molar refractivity (Wildman–Crippen MR) is 273 cm³/mol. The van der Waals surface area contributed by atoms with Gasteiger partial charge in [-0.3, -0.25) is 32.4 Å². The molecule has 30 heteroatoms. The molecule has 4 aromatic rings. The normalized spacial score (nSPS) is 18.7. The van der Waals surface area contributed by atoms with Crippen molar-refractivity contribution in [3.05, 3.63) is 83.6 Å². The summed E-state index contributed by atoms with van der Waals surface area (Å²) in [6.07, 6.45) is 4.19. The highest BCUT2D eigenvalue weighted by Crippen LogP contribution is 2.54. The number of hydrogen-bond donors (Lipinski definition) is 5. The van der Waals surface area contributed by atoms with Gasteiger partial charge < -0.3 is 23.9 Å². The lowest BCUT2D eigenvalue weighted by Gasteiger charge is -2.31. The number of allylic oxidation sites excluding steroid dienone is 4. The highest BCUT2D eigenvalue weighted by atomic mass is 32.2. The van der Waals surface area contributed by atoms with Crippen LogP contribution >= 0.6 is 0 Å². The Morgan fingerprint density at radius 2 is 1.23 bits per heavy atom. The van der Waals surface area contributed by atoms with Gasteiger partial charge >= 0.3 is 5.97 Å². The second kappa shape index (κ2) is 21.9. The number of fused-ring (bicyclic) bond motifs is 6. The summed E-state index contributed by atoms with van der Waals surface area (Å²) in [6, 6.07) is 9.07. The maximum absolute atomic E-state index is 12.8. The molecule has 25 nitrogen and oxygen atoms in total.